The van der Waals surface area contributed by atoms with Gasteiger partial charge in [0.05, 0.1) is 6.04 Å². The first kappa shape index (κ1) is 19.2. The van der Waals surface area contributed by atoms with Crippen molar-refractivity contribution in [3.8, 4) is 11.1 Å². The molecule has 1 aliphatic rings. The third-order valence-electron chi connectivity index (χ3n) is 5.22. The van der Waals surface area contributed by atoms with Crippen LogP contribution in [0.1, 0.15) is 56.6 Å². The Hall–Kier alpha value is -2.62. The molecule has 0 saturated carbocycles. The van der Waals surface area contributed by atoms with E-state index in [9.17, 15) is 9.59 Å². The molecule has 3 rings (SSSR count). The number of hydrogen-bond acceptors (Lipinski definition) is 3. The van der Waals surface area contributed by atoms with E-state index in [1.807, 2.05) is 24.3 Å². The predicted octanol–water partition coefficient (Wildman–Crippen LogP) is 5.06. The molecule has 1 aliphatic carbocycles. The molecule has 0 fully saturated rings. The largest absolute Gasteiger partial charge is 0.449 e. The topological polar surface area (TPSA) is 55.4 Å². The summed E-state index contributed by atoms with van der Waals surface area (Å²) in [4.78, 5) is 24.1. The lowest BCUT2D eigenvalue weighted by atomic mass is 9.98. The Morgan fingerprint density at radius 1 is 1.00 bits per heavy atom. The van der Waals surface area contributed by atoms with Crippen LogP contribution in [0.25, 0.3) is 11.1 Å². The van der Waals surface area contributed by atoms with Gasteiger partial charge < -0.3 is 10.1 Å². The summed E-state index contributed by atoms with van der Waals surface area (Å²) in [6, 6.07) is 16.0. The number of ether oxygens (including phenoxy) is 1. The quantitative estimate of drug-likeness (QED) is 0.665. The predicted molar refractivity (Wildman–Crippen MR) is 107 cm³/mol. The normalized spacial score (nSPS) is 13.6. The van der Waals surface area contributed by atoms with Crippen LogP contribution in [-0.4, -0.2) is 24.5 Å². The van der Waals surface area contributed by atoms with Crippen molar-refractivity contribution in [1.82, 2.24) is 5.32 Å². The van der Waals surface area contributed by atoms with Gasteiger partial charge in [-0.25, -0.2) is 4.79 Å². The fourth-order valence-corrected chi connectivity index (χ4v) is 3.76. The summed E-state index contributed by atoms with van der Waals surface area (Å²) in [6.45, 7) is 3.89. The van der Waals surface area contributed by atoms with Crippen molar-refractivity contribution in [2.75, 3.05) is 6.61 Å². The van der Waals surface area contributed by atoms with E-state index in [1.54, 1.807) is 0 Å². The van der Waals surface area contributed by atoms with Crippen LogP contribution in [0, 0.1) is 0 Å². The summed E-state index contributed by atoms with van der Waals surface area (Å²) in [5.41, 5.74) is 4.75. The van der Waals surface area contributed by atoms with Gasteiger partial charge in [-0.3, -0.25) is 4.79 Å². The Balaban J connectivity index is 1.64. The first-order chi connectivity index (χ1) is 13.1. The molecule has 2 aromatic carbocycles. The van der Waals surface area contributed by atoms with Gasteiger partial charge in [0, 0.05) is 5.92 Å². The second-order valence-corrected chi connectivity index (χ2v) is 7.13. The fourth-order valence-electron chi connectivity index (χ4n) is 3.76. The number of ketones is 1. The number of fused-ring (bicyclic) bond motifs is 3. The van der Waals surface area contributed by atoms with Gasteiger partial charge in [-0.05, 0) is 35.6 Å². The van der Waals surface area contributed by atoms with Crippen LogP contribution in [0.5, 0.6) is 0 Å². The molecule has 0 aromatic heterocycles. The number of alkyl carbamates (subject to hydrolysis) is 1. The number of Topliss-reactive ketones (excluding diaryl/α,β-unsaturated/α-hetero) is 1. The van der Waals surface area contributed by atoms with Crippen LogP contribution in [0.2, 0.25) is 0 Å². The lowest BCUT2D eigenvalue weighted by Gasteiger charge is -2.18. The lowest BCUT2D eigenvalue weighted by Crippen LogP contribution is -2.40. The Morgan fingerprint density at radius 2 is 1.59 bits per heavy atom. The lowest BCUT2D eigenvalue weighted by molar-refractivity contribution is -0.119. The molecule has 4 heteroatoms. The molecule has 27 heavy (non-hydrogen) atoms. The van der Waals surface area contributed by atoms with Crippen molar-refractivity contribution >= 4 is 11.9 Å². The van der Waals surface area contributed by atoms with Crippen molar-refractivity contribution in [3.05, 3.63) is 59.7 Å². The maximum Gasteiger partial charge on any atom is 0.407 e. The molecule has 142 valence electrons. The summed E-state index contributed by atoms with van der Waals surface area (Å²) in [7, 11) is 0. The molecule has 0 heterocycles. The van der Waals surface area contributed by atoms with Gasteiger partial charge in [0.25, 0.3) is 0 Å². The van der Waals surface area contributed by atoms with Crippen LogP contribution in [-0.2, 0) is 9.53 Å². The number of unbranched alkanes of at least 4 members (excludes halogenated alkanes) is 2. The molecule has 2 aromatic rings. The van der Waals surface area contributed by atoms with E-state index in [4.69, 9.17) is 4.74 Å². The van der Waals surface area contributed by atoms with Crippen LogP contribution in [0.15, 0.2) is 48.5 Å². The first-order valence-electron chi connectivity index (χ1n) is 9.73. The van der Waals surface area contributed by atoms with Gasteiger partial charge in [-0.1, -0.05) is 74.7 Å². The maximum atomic E-state index is 12.3. The van der Waals surface area contributed by atoms with Crippen LogP contribution < -0.4 is 5.32 Å². The van der Waals surface area contributed by atoms with E-state index < -0.39 is 12.1 Å². The van der Waals surface area contributed by atoms with Gasteiger partial charge in [0.1, 0.15) is 6.61 Å². The highest BCUT2D eigenvalue weighted by Gasteiger charge is 2.29. The Bertz CT molecular complexity index is 769. The monoisotopic (exact) mass is 365 g/mol. The summed E-state index contributed by atoms with van der Waals surface area (Å²) >= 11 is 0. The number of benzene rings is 2. The summed E-state index contributed by atoms with van der Waals surface area (Å²) in [5.74, 6) is -0.00127. The van der Waals surface area contributed by atoms with Gasteiger partial charge in [-0.2, -0.15) is 0 Å². The van der Waals surface area contributed by atoms with E-state index >= 15 is 0 Å². The Kier molecular flexibility index (Phi) is 6.28. The van der Waals surface area contributed by atoms with Crippen molar-refractivity contribution in [3.63, 3.8) is 0 Å². The van der Waals surface area contributed by atoms with E-state index in [1.165, 1.54) is 29.2 Å². The van der Waals surface area contributed by atoms with Crippen LogP contribution in [0.3, 0.4) is 0 Å². The molecule has 0 spiro atoms. The number of rotatable bonds is 8. The molecule has 0 aliphatic heterocycles. The maximum absolute atomic E-state index is 12.3. The van der Waals surface area contributed by atoms with E-state index in [0.29, 0.717) is 6.42 Å². The number of hydrogen-bond donors (Lipinski definition) is 1. The van der Waals surface area contributed by atoms with Gasteiger partial charge in [-0.15, -0.1) is 0 Å². The fraction of sp³-hybridized carbons (Fsp3) is 0.391. The molecule has 0 bridgehead atoms. The molecule has 1 N–H and O–H groups in total. The molecule has 0 saturated heterocycles. The molecular formula is C23H27NO3. The van der Waals surface area contributed by atoms with E-state index in [-0.39, 0.29) is 18.3 Å². The van der Waals surface area contributed by atoms with Crippen LogP contribution in [0.4, 0.5) is 4.79 Å². The molecule has 4 nitrogen and oxygen atoms in total. The smallest absolute Gasteiger partial charge is 0.407 e. The number of amides is 1. The number of nitrogens with one attached hydrogen (secondary N) is 1. The van der Waals surface area contributed by atoms with Gasteiger partial charge in [0.15, 0.2) is 5.78 Å². The summed E-state index contributed by atoms with van der Waals surface area (Å²) in [5, 5.41) is 2.74. The average molecular weight is 365 g/mol. The molecule has 1 atom stereocenters. The molecule has 1 amide bonds. The highest BCUT2D eigenvalue weighted by atomic mass is 16.5. The minimum absolute atomic E-state index is 0.0269. The Labute approximate surface area is 160 Å². The second-order valence-electron chi connectivity index (χ2n) is 7.13. The van der Waals surface area contributed by atoms with Gasteiger partial charge >= 0.3 is 6.09 Å². The minimum atomic E-state index is -0.520. The van der Waals surface area contributed by atoms with Crippen LogP contribution >= 0.6 is 0 Å². The SMILES string of the molecule is CCCCC[C@@H](NC(=O)OCC1c2ccccc2-c2ccccc21)C(C)=O. The average Bonchev–Trinajstić information content (AvgIpc) is 2.99. The van der Waals surface area contributed by atoms with Crippen molar-refractivity contribution in [2.45, 2.75) is 51.5 Å². The summed E-state index contributed by atoms with van der Waals surface area (Å²) < 4.78 is 5.52. The van der Waals surface area contributed by atoms with Crippen molar-refractivity contribution in [2.24, 2.45) is 0 Å². The van der Waals surface area contributed by atoms with Crippen molar-refractivity contribution < 1.29 is 14.3 Å². The van der Waals surface area contributed by atoms with Crippen molar-refractivity contribution in [1.29, 1.82) is 0 Å². The standard InChI is InChI=1S/C23H27NO3/c1-3-4-5-14-22(16(2)25)24-23(26)27-15-21-19-12-8-6-10-17(19)18-11-7-9-13-20(18)21/h6-13,21-22H,3-5,14-15H2,1-2H3,(H,24,26)/t22-/m1/s1. The summed E-state index contributed by atoms with van der Waals surface area (Å²) in [6.07, 6.45) is 3.19. The first-order valence-corrected chi connectivity index (χ1v) is 9.73. The van der Waals surface area contributed by atoms with E-state index in [0.717, 1.165) is 19.3 Å². The second kappa shape index (κ2) is 8.85. The third kappa shape index (κ3) is 4.38. The highest BCUT2D eigenvalue weighted by molar-refractivity contribution is 5.85. The Morgan fingerprint density at radius 3 is 2.15 bits per heavy atom. The highest BCUT2D eigenvalue weighted by Crippen LogP contribution is 2.44. The number of carbonyl (C=O) groups excluding carboxylic acids is 2. The zero-order valence-corrected chi connectivity index (χ0v) is 16.0. The minimum Gasteiger partial charge on any atom is -0.449 e. The zero-order valence-electron chi connectivity index (χ0n) is 16.0. The molecule has 0 unspecified atom stereocenters. The van der Waals surface area contributed by atoms with Gasteiger partial charge in [0.2, 0.25) is 0 Å². The zero-order chi connectivity index (χ0) is 19.2. The number of carbonyl (C=O) groups is 2. The van der Waals surface area contributed by atoms with E-state index in [2.05, 4.69) is 36.5 Å². The third-order valence-corrected chi connectivity index (χ3v) is 5.22. The molecule has 0 radical (unpaired) electrons. The molecular weight excluding hydrogens is 338 g/mol.